The lowest BCUT2D eigenvalue weighted by Gasteiger charge is -2.41. The van der Waals surface area contributed by atoms with Gasteiger partial charge in [0.25, 0.3) is 0 Å². The fraction of sp³-hybridized carbons (Fsp3) is 0.0606. The first-order valence-electron chi connectivity index (χ1n) is 24.4. The van der Waals surface area contributed by atoms with E-state index < -0.39 is 8.07 Å². The van der Waals surface area contributed by atoms with E-state index in [1.54, 1.807) is 0 Å². The lowest BCUT2D eigenvalue weighted by molar-refractivity contribution is 0.953. The highest BCUT2D eigenvalue weighted by Gasteiger charge is 2.46. The van der Waals surface area contributed by atoms with Crippen LogP contribution in [0.4, 0.5) is 0 Å². The molecule has 11 aromatic rings. The Morgan fingerprint density at radius 2 is 0.768 bits per heavy atom. The normalized spacial score (nSPS) is 15.1. The van der Waals surface area contributed by atoms with Crippen molar-refractivity contribution >= 4 is 84.2 Å². The van der Waals surface area contributed by atoms with Crippen LogP contribution in [0.3, 0.4) is 0 Å². The van der Waals surface area contributed by atoms with Crippen LogP contribution in [-0.2, 0) is 0 Å². The first-order chi connectivity index (χ1) is 34.2. The average Bonchev–Trinajstić information content (AvgIpc) is 3.95. The van der Waals surface area contributed by atoms with E-state index in [0.717, 1.165) is 19.3 Å². The third-order valence-corrected chi connectivity index (χ3v) is 20.3. The number of allylic oxidation sites excluding steroid dienone is 8. The summed E-state index contributed by atoms with van der Waals surface area (Å²) >= 11 is 0. The molecule has 2 aromatic heterocycles. The lowest BCUT2D eigenvalue weighted by atomic mass is 9.94. The molecule has 0 saturated heterocycles. The standard InChI is InChI=1S/C66H50N2Si/c1-5-18-47(19-6-1)48-32-34-49(35-33-48)50-36-40-53(41-37-50)67-63-30-15-13-28-59(63)61-44-51(38-42-65(61)67)52-39-43-66-62(45-52)60-29-14-16-31-64(60)68(66)54-20-17-27-58(46-54)69(55-21-7-2-8-22-55,56-23-9-3-10-24-56)57-25-11-4-12-26-57/h1-36,38-40,42-45,58H,37,41,46H2. The monoisotopic (exact) mass is 898 g/mol. The summed E-state index contributed by atoms with van der Waals surface area (Å²) < 4.78 is 5.06. The van der Waals surface area contributed by atoms with Crippen molar-refractivity contribution in [2.75, 3.05) is 0 Å². The summed E-state index contributed by atoms with van der Waals surface area (Å²) in [5, 5.41) is 9.44. The topological polar surface area (TPSA) is 9.86 Å². The smallest absolute Gasteiger partial charge is 0.155 e. The van der Waals surface area contributed by atoms with Crippen LogP contribution in [0.25, 0.3) is 82.8 Å². The van der Waals surface area contributed by atoms with Gasteiger partial charge in [-0.25, -0.2) is 0 Å². The molecule has 0 radical (unpaired) electrons. The molecule has 0 aliphatic heterocycles. The zero-order valence-electron chi connectivity index (χ0n) is 38.4. The Balaban J connectivity index is 0.870. The minimum absolute atomic E-state index is 0.286. The van der Waals surface area contributed by atoms with Gasteiger partial charge in [0.15, 0.2) is 8.07 Å². The molecule has 0 spiro atoms. The largest absolute Gasteiger partial charge is 0.313 e. The Kier molecular flexibility index (Phi) is 10.2. The van der Waals surface area contributed by atoms with Gasteiger partial charge in [0.1, 0.15) is 0 Å². The van der Waals surface area contributed by atoms with E-state index in [9.17, 15) is 0 Å². The summed E-state index contributed by atoms with van der Waals surface area (Å²) in [6, 6.07) is 85.9. The molecular weight excluding hydrogens is 849 g/mol. The SMILES string of the molecule is C1=CC([Si](c2ccccc2)(c2ccccc2)c2ccccc2)CC(n2c3ccccc3c3cc(-c4ccc5c(c4)c4ccccc4n5C4=CC=C(c5ccc(-c6ccccc6)cc5)CC4)ccc32)=C1. The number of aromatic nitrogens is 2. The molecule has 1 unspecified atom stereocenters. The van der Waals surface area contributed by atoms with E-state index in [-0.39, 0.29) is 5.54 Å². The molecule has 1 atom stereocenters. The van der Waals surface area contributed by atoms with Crippen LogP contribution in [0.5, 0.6) is 0 Å². The van der Waals surface area contributed by atoms with Crippen molar-refractivity contribution in [3.8, 4) is 22.3 Å². The molecule has 0 amide bonds. The van der Waals surface area contributed by atoms with Crippen LogP contribution >= 0.6 is 0 Å². The second-order valence-corrected chi connectivity index (χ2v) is 22.8. The molecule has 0 N–H and O–H groups in total. The van der Waals surface area contributed by atoms with E-state index in [1.807, 2.05) is 0 Å². The molecule has 2 aliphatic carbocycles. The fourth-order valence-electron chi connectivity index (χ4n) is 11.9. The van der Waals surface area contributed by atoms with E-state index in [1.165, 1.54) is 104 Å². The van der Waals surface area contributed by atoms with Gasteiger partial charge in [0.2, 0.25) is 0 Å². The molecule has 328 valence electrons. The van der Waals surface area contributed by atoms with Gasteiger partial charge >= 0.3 is 0 Å². The van der Waals surface area contributed by atoms with Crippen molar-refractivity contribution in [1.29, 1.82) is 0 Å². The van der Waals surface area contributed by atoms with Crippen LogP contribution in [0, 0.1) is 0 Å². The number of benzene rings is 9. The van der Waals surface area contributed by atoms with Crippen molar-refractivity contribution in [1.82, 2.24) is 9.13 Å². The maximum Gasteiger partial charge on any atom is 0.155 e. The van der Waals surface area contributed by atoms with Crippen molar-refractivity contribution in [3.63, 3.8) is 0 Å². The summed E-state index contributed by atoms with van der Waals surface area (Å²) in [7, 11) is -2.60. The minimum atomic E-state index is -2.60. The number of rotatable bonds is 9. The van der Waals surface area contributed by atoms with Gasteiger partial charge in [-0.05, 0) is 122 Å². The van der Waals surface area contributed by atoms with E-state index >= 15 is 0 Å². The summed E-state index contributed by atoms with van der Waals surface area (Å²) in [4.78, 5) is 0. The average molecular weight is 899 g/mol. The highest BCUT2D eigenvalue weighted by atomic mass is 28.3. The highest BCUT2D eigenvalue weighted by molar-refractivity contribution is 7.12. The maximum absolute atomic E-state index is 2.60. The summed E-state index contributed by atoms with van der Waals surface area (Å²) in [5.74, 6) is 0. The lowest BCUT2D eigenvalue weighted by Crippen LogP contribution is -2.69. The molecule has 0 saturated carbocycles. The Labute approximate surface area is 404 Å². The second kappa shape index (κ2) is 17.1. The zero-order valence-corrected chi connectivity index (χ0v) is 39.4. The molecule has 13 rings (SSSR count). The van der Waals surface area contributed by atoms with Gasteiger partial charge in [-0.15, -0.1) is 0 Å². The molecule has 2 heterocycles. The van der Waals surface area contributed by atoms with Crippen LogP contribution in [-0.4, -0.2) is 17.2 Å². The Morgan fingerprint density at radius 1 is 0.333 bits per heavy atom. The van der Waals surface area contributed by atoms with Crippen LogP contribution < -0.4 is 15.6 Å². The van der Waals surface area contributed by atoms with Gasteiger partial charge in [-0.2, -0.15) is 0 Å². The van der Waals surface area contributed by atoms with Gasteiger partial charge in [0.05, 0.1) is 22.1 Å². The summed E-state index contributed by atoms with van der Waals surface area (Å²) in [5.41, 5.74) is 15.6. The first kappa shape index (κ1) is 41.0. The van der Waals surface area contributed by atoms with Crippen LogP contribution in [0.1, 0.15) is 24.8 Å². The van der Waals surface area contributed by atoms with Crippen LogP contribution in [0.15, 0.2) is 261 Å². The molecular formula is C66H50N2Si. The Hall–Kier alpha value is -8.24. The van der Waals surface area contributed by atoms with Crippen molar-refractivity contribution in [3.05, 3.63) is 266 Å². The first-order valence-corrected chi connectivity index (χ1v) is 26.5. The molecule has 0 bridgehead atoms. The summed E-state index contributed by atoms with van der Waals surface area (Å²) in [6.07, 6.45) is 14.8. The van der Waals surface area contributed by atoms with Crippen molar-refractivity contribution < 1.29 is 0 Å². The van der Waals surface area contributed by atoms with Crippen molar-refractivity contribution in [2.24, 2.45) is 0 Å². The number of para-hydroxylation sites is 2. The Bertz CT molecular complexity index is 3740. The number of fused-ring (bicyclic) bond motifs is 6. The Morgan fingerprint density at radius 3 is 1.29 bits per heavy atom. The molecule has 2 aliphatic rings. The predicted octanol–water partition coefficient (Wildman–Crippen LogP) is 15.3. The van der Waals surface area contributed by atoms with Gasteiger partial charge < -0.3 is 9.13 Å². The predicted molar refractivity (Wildman–Crippen MR) is 297 cm³/mol. The highest BCUT2D eigenvalue weighted by Crippen LogP contribution is 2.43. The minimum Gasteiger partial charge on any atom is -0.313 e. The van der Waals surface area contributed by atoms with E-state index in [0.29, 0.717) is 0 Å². The molecule has 2 nitrogen and oxygen atoms in total. The summed E-state index contributed by atoms with van der Waals surface area (Å²) in [6.45, 7) is 0. The van der Waals surface area contributed by atoms with Crippen molar-refractivity contribution in [2.45, 2.75) is 24.8 Å². The number of hydrogen-bond acceptors (Lipinski definition) is 0. The van der Waals surface area contributed by atoms with Crippen LogP contribution in [0.2, 0.25) is 5.54 Å². The molecule has 3 heteroatoms. The fourth-order valence-corrected chi connectivity index (χ4v) is 17.2. The third kappa shape index (κ3) is 6.92. The number of nitrogens with zero attached hydrogens (tertiary/aromatic N) is 2. The van der Waals surface area contributed by atoms with E-state index in [2.05, 4.69) is 270 Å². The van der Waals surface area contributed by atoms with Gasteiger partial charge in [0, 0.05) is 32.9 Å². The second-order valence-electron chi connectivity index (χ2n) is 18.7. The number of hydrogen-bond donors (Lipinski definition) is 0. The quantitative estimate of drug-likeness (QED) is 0.101. The van der Waals surface area contributed by atoms with Gasteiger partial charge in [-0.3, -0.25) is 0 Å². The van der Waals surface area contributed by atoms with Gasteiger partial charge in [-0.1, -0.05) is 212 Å². The molecule has 9 aromatic carbocycles. The van der Waals surface area contributed by atoms with E-state index in [4.69, 9.17) is 0 Å². The molecule has 69 heavy (non-hydrogen) atoms. The third-order valence-electron chi connectivity index (χ3n) is 15.0. The maximum atomic E-state index is 2.55. The molecule has 0 fully saturated rings. The zero-order chi connectivity index (χ0) is 45.7.